The van der Waals surface area contributed by atoms with Gasteiger partial charge >= 0.3 is 0 Å². The molecule has 1 fully saturated rings. The standard InChI is InChI=1S/C25H22ClN3O3S/c26-19-4-7-21(8-5-19)29-15-18(13-23(29)30)24(31)27-20-6-3-16-9-10-28(14-17(16)12-20)25(32)22-2-1-11-33-22/h1-8,11-12,18H,9-10,13-15H2,(H,27,31). The van der Waals surface area contributed by atoms with E-state index in [9.17, 15) is 14.4 Å². The fraction of sp³-hybridized carbons (Fsp3) is 0.240. The second kappa shape index (κ2) is 9.00. The zero-order chi connectivity index (χ0) is 22.9. The van der Waals surface area contributed by atoms with Crippen LogP contribution in [0, 0.1) is 5.92 Å². The summed E-state index contributed by atoms with van der Waals surface area (Å²) in [6.07, 6.45) is 0.955. The van der Waals surface area contributed by atoms with Crippen molar-refractivity contribution in [3.05, 3.63) is 81.0 Å². The Hall–Kier alpha value is -3.16. The van der Waals surface area contributed by atoms with Crippen LogP contribution in [0.1, 0.15) is 27.2 Å². The molecule has 3 aromatic rings. The molecule has 168 valence electrons. The topological polar surface area (TPSA) is 69.7 Å². The Morgan fingerprint density at radius 3 is 2.64 bits per heavy atom. The van der Waals surface area contributed by atoms with Gasteiger partial charge in [0.2, 0.25) is 11.8 Å². The van der Waals surface area contributed by atoms with E-state index in [0.717, 1.165) is 22.5 Å². The van der Waals surface area contributed by atoms with Crippen molar-refractivity contribution in [1.82, 2.24) is 4.90 Å². The van der Waals surface area contributed by atoms with Crippen LogP contribution in [0.5, 0.6) is 0 Å². The molecule has 8 heteroatoms. The Bertz CT molecular complexity index is 1210. The number of halogens is 1. The van der Waals surface area contributed by atoms with Gasteiger partial charge in [0.15, 0.2) is 0 Å². The second-order valence-electron chi connectivity index (χ2n) is 8.31. The van der Waals surface area contributed by atoms with Crippen LogP contribution in [-0.2, 0) is 22.6 Å². The minimum absolute atomic E-state index is 0.0387. The Labute approximate surface area is 200 Å². The first-order chi connectivity index (χ1) is 16.0. The quantitative estimate of drug-likeness (QED) is 0.595. The molecule has 2 aliphatic heterocycles. The summed E-state index contributed by atoms with van der Waals surface area (Å²) in [5, 5.41) is 5.47. The predicted molar refractivity (Wildman–Crippen MR) is 130 cm³/mol. The van der Waals surface area contributed by atoms with E-state index in [-0.39, 0.29) is 24.1 Å². The highest BCUT2D eigenvalue weighted by atomic mass is 35.5. The highest BCUT2D eigenvalue weighted by Crippen LogP contribution is 2.28. The SMILES string of the molecule is O=C(Nc1ccc2c(c1)CN(C(=O)c1cccs1)CC2)C1CC(=O)N(c2ccc(Cl)cc2)C1. The summed E-state index contributed by atoms with van der Waals surface area (Å²) in [6, 6.07) is 16.6. The normalized spacial score (nSPS) is 17.7. The number of amides is 3. The molecule has 0 saturated carbocycles. The van der Waals surface area contributed by atoms with Crippen LogP contribution in [0.25, 0.3) is 0 Å². The van der Waals surface area contributed by atoms with E-state index in [2.05, 4.69) is 5.32 Å². The summed E-state index contributed by atoms with van der Waals surface area (Å²) in [7, 11) is 0. The number of rotatable bonds is 4. The van der Waals surface area contributed by atoms with Crippen molar-refractivity contribution >= 4 is 52.0 Å². The van der Waals surface area contributed by atoms with E-state index in [1.54, 1.807) is 29.2 Å². The zero-order valence-corrected chi connectivity index (χ0v) is 19.4. The van der Waals surface area contributed by atoms with Gasteiger partial charge in [-0.3, -0.25) is 14.4 Å². The lowest BCUT2D eigenvalue weighted by atomic mass is 9.98. The third-order valence-electron chi connectivity index (χ3n) is 6.14. The Morgan fingerprint density at radius 2 is 1.88 bits per heavy atom. The number of hydrogen-bond donors (Lipinski definition) is 1. The molecule has 5 rings (SSSR count). The molecular formula is C25H22ClN3O3S. The van der Waals surface area contributed by atoms with Gasteiger partial charge in [-0.15, -0.1) is 11.3 Å². The Kier molecular flexibility index (Phi) is 5.91. The first-order valence-corrected chi connectivity index (χ1v) is 12.0. The van der Waals surface area contributed by atoms with Gasteiger partial charge in [-0.05, 0) is 65.4 Å². The lowest BCUT2D eigenvalue weighted by molar-refractivity contribution is -0.122. The van der Waals surface area contributed by atoms with Crippen LogP contribution in [0.2, 0.25) is 5.02 Å². The molecule has 1 atom stereocenters. The number of nitrogens with zero attached hydrogens (tertiary/aromatic N) is 2. The largest absolute Gasteiger partial charge is 0.333 e. The number of carbonyl (C=O) groups is 3. The van der Waals surface area contributed by atoms with Crippen LogP contribution in [-0.4, -0.2) is 35.7 Å². The molecule has 1 unspecified atom stereocenters. The van der Waals surface area contributed by atoms with E-state index >= 15 is 0 Å². The summed E-state index contributed by atoms with van der Waals surface area (Å²) in [5.74, 6) is -0.648. The third-order valence-corrected chi connectivity index (χ3v) is 7.25. The summed E-state index contributed by atoms with van der Waals surface area (Å²) < 4.78 is 0. The number of anilines is 2. The van der Waals surface area contributed by atoms with Gasteiger partial charge in [-0.2, -0.15) is 0 Å². The molecular weight excluding hydrogens is 458 g/mol. The first-order valence-electron chi connectivity index (χ1n) is 10.8. The lowest BCUT2D eigenvalue weighted by Crippen LogP contribution is -2.35. The van der Waals surface area contributed by atoms with E-state index in [1.807, 2.05) is 40.6 Å². The molecule has 0 bridgehead atoms. The molecule has 0 spiro atoms. The molecule has 3 heterocycles. The Morgan fingerprint density at radius 1 is 1.06 bits per heavy atom. The van der Waals surface area contributed by atoms with Crippen LogP contribution in [0.3, 0.4) is 0 Å². The molecule has 3 amide bonds. The van der Waals surface area contributed by atoms with E-state index in [0.29, 0.717) is 30.3 Å². The molecule has 6 nitrogen and oxygen atoms in total. The number of carbonyl (C=O) groups excluding carboxylic acids is 3. The lowest BCUT2D eigenvalue weighted by Gasteiger charge is -2.29. The summed E-state index contributed by atoms with van der Waals surface area (Å²) in [6.45, 7) is 1.53. The monoisotopic (exact) mass is 479 g/mol. The van der Waals surface area contributed by atoms with Crippen molar-refractivity contribution in [1.29, 1.82) is 0 Å². The van der Waals surface area contributed by atoms with Gasteiger partial charge in [-0.25, -0.2) is 0 Å². The second-order valence-corrected chi connectivity index (χ2v) is 9.69. The molecule has 1 N–H and O–H groups in total. The van der Waals surface area contributed by atoms with Crippen molar-refractivity contribution in [2.45, 2.75) is 19.4 Å². The van der Waals surface area contributed by atoms with E-state index in [4.69, 9.17) is 11.6 Å². The highest BCUT2D eigenvalue weighted by Gasteiger charge is 2.35. The average Bonchev–Trinajstić information content (AvgIpc) is 3.49. The minimum Gasteiger partial charge on any atom is -0.333 e. The third kappa shape index (κ3) is 4.51. The van der Waals surface area contributed by atoms with Crippen LogP contribution < -0.4 is 10.2 Å². The van der Waals surface area contributed by atoms with E-state index < -0.39 is 5.92 Å². The summed E-state index contributed by atoms with van der Waals surface area (Å²) in [5.41, 5.74) is 3.65. The minimum atomic E-state index is -0.430. The van der Waals surface area contributed by atoms with Crippen LogP contribution >= 0.6 is 22.9 Å². The van der Waals surface area contributed by atoms with Gasteiger partial charge in [0.05, 0.1) is 10.8 Å². The molecule has 2 aliphatic rings. The van der Waals surface area contributed by atoms with Gasteiger partial charge in [0, 0.05) is 42.5 Å². The number of thiophene rings is 1. The smallest absolute Gasteiger partial charge is 0.264 e. The van der Waals surface area contributed by atoms with Gasteiger partial charge < -0.3 is 15.1 Å². The summed E-state index contributed by atoms with van der Waals surface area (Å²) in [4.78, 5) is 42.3. The fourth-order valence-electron chi connectivity index (χ4n) is 4.36. The Balaban J connectivity index is 1.25. The van der Waals surface area contributed by atoms with Crippen molar-refractivity contribution in [2.75, 3.05) is 23.3 Å². The maximum absolute atomic E-state index is 12.9. The van der Waals surface area contributed by atoms with Crippen molar-refractivity contribution in [3.8, 4) is 0 Å². The van der Waals surface area contributed by atoms with Gasteiger partial charge in [0.25, 0.3) is 5.91 Å². The van der Waals surface area contributed by atoms with Crippen LogP contribution in [0.4, 0.5) is 11.4 Å². The number of benzene rings is 2. The molecule has 0 radical (unpaired) electrons. The molecule has 1 aromatic heterocycles. The number of nitrogens with one attached hydrogen (secondary N) is 1. The van der Waals surface area contributed by atoms with Crippen molar-refractivity contribution < 1.29 is 14.4 Å². The molecule has 33 heavy (non-hydrogen) atoms. The fourth-order valence-corrected chi connectivity index (χ4v) is 5.18. The summed E-state index contributed by atoms with van der Waals surface area (Å²) >= 11 is 7.38. The maximum atomic E-state index is 12.9. The first kappa shape index (κ1) is 21.7. The average molecular weight is 480 g/mol. The number of hydrogen-bond acceptors (Lipinski definition) is 4. The van der Waals surface area contributed by atoms with Crippen LogP contribution in [0.15, 0.2) is 60.0 Å². The highest BCUT2D eigenvalue weighted by molar-refractivity contribution is 7.12. The molecule has 1 saturated heterocycles. The zero-order valence-electron chi connectivity index (χ0n) is 17.8. The molecule has 0 aliphatic carbocycles. The van der Waals surface area contributed by atoms with E-state index in [1.165, 1.54) is 16.9 Å². The maximum Gasteiger partial charge on any atom is 0.264 e. The van der Waals surface area contributed by atoms with Gasteiger partial charge in [-0.1, -0.05) is 23.7 Å². The molecule has 2 aromatic carbocycles. The number of fused-ring (bicyclic) bond motifs is 1. The van der Waals surface area contributed by atoms with Crippen molar-refractivity contribution in [3.63, 3.8) is 0 Å². The predicted octanol–water partition coefficient (Wildman–Crippen LogP) is 4.59. The van der Waals surface area contributed by atoms with Gasteiger partial charge in [0.1, 0.15) is 0 Å². The van der Waals surface area contributed by atoms with Crippen molar-refractivity contribution in [2.24, 2.45) is 5.92 Å².